The van der Waals surface area contributed by atoms with Gasteiger partial charge >= 0.3 is 0 Å². The molecule has 4 rings (SSSR count). The number of fused-ring (bicyclic) bond motifs is 1. The van der Waals surface area contributed by atoms with E-state index in [0.29, 0.717) is 18.0 Å². The fourth-order valence-corrected chi connectivity index (χ4v) is 3.33. The monoisotopic (exact) mass is 266 g/mol. The number of phenolic OH excluding ortho intramolecular Hbond substituents is 1. The van der Waals surface area contributed by atoms with Gasteiger partial charge in [0.2, 0.25) is 0 Å². The summed E-state index contributed by atoms with van der Waals surface area (Å²) >= 11 is 0. The third-order valence-electron chi connectivity index (χ3n) is 4.50. The highest BCUT2D eigenvalue weighted by atomic mass is 16.6. The predicted octanol–water partition coefficient (Wildman–Crippen LogP) is 3.78. The minimum Gasteiger partial charge on any atom is -0.508 e. The maximum Gasteiger partial charge on any atom is 0.115 e. The van der Waals surface area contributed by atoms with Crippen LogP contribution in [0.4, 0.5) is 0 Å². The largest absolute Gasteiger partial charge is 0.508 e. The summed E-state index contributed by atoms with van der Waals surface area (Å²) in [6, 6.07) is 16.2. The van der Waals surface area contributed by atoms with Crippen LogP contribution in [0.3, 0.4) is 0 Å². The summed E-state index contributed by atoms with van der Waals surface area (Å²) in [7, 11) is 0. The molecule has 1 aliphatic carbocycles. The van der Waals surface area contributed by atoms with E-state index in [1.807, 2.05) is 12.1 Å². The lowest BCUT2D eigenvalue weighted by molar-refractivity contribution is 0.272. The third kappa shape index (κ3) is 2.32. The molecule has 3 atom stereocenters. The Morgan fingerprint density at radius 3 is 2.00 bits per heavy atom. The smallest absolute Gasteiger partial charge is 0.115 e. The van der Waals surface area contributed by atoms with Crippen LogP contribution in [0.15, 0.2) is 48.5 Å². The molecule has 2 aromatic rings. The van der Waals surface area contributed by atoms with Gasteiger partial charge in [0.05, 0.1) is 12.2 Å². The zero-order valence-electron chi connectivity index (χ0n) is 11.3. The van der Waals surface area contributed by atoms with Gasteiger partial charge in [0.25, 0.3) is 0 Å². The van der Waals surface area contributed by atoms with Crippen LogP contribution in [-0.4, -0.2) is 17.3 Å². The first-order valence-electron chi connectivity index (χ1n) is 7.32. The van der Waals surface area contributed by atoms with Gasteiger partial charge in [0.15, 0.2) is 0 Å². The molecule has 0 aromatic heterocycles. The topological polar surface area (TPSA) is 32.8 Å². The van der Waals surface area contributed by atoms with Gasteiger partial charge in [-0.25, -0.2) is 0 Å². The second-order valence-corrected chi connectivity index (χ2v) is 6.00. The van der Waals surface area contributed by atoms with E-state index in [0.717, 1.165) is 11.5 Å². The Hall–Kier alpha value is -1.80. The highest BCUT2D eigenvalue weighted by molar-refractivity contribution is 5.64. The molecule has 102 valence electrons. The normalized spacial score (nSPS) is 27.3. The molecule has 0 bridgehead atoms. The Kier molecular flexibility index (Phi) is 2.78. The van der Waals surface area contributed by atoms with E-state index in [9.17, 15) is 5.11 Å². The molecule has 1 saturated heterocycles. The van der Waals surface area contributed by atoms with Crippen molar-refractivity contribution in [3.8, 4) is 16.9 Å². The van der Waals surface area contributed by atoms with Crippen LogP contribution in [0.1, 0.15) is 18.4 Å². The lowest BCUT2D eigenvalue weighted by Gasteiger charge is -2.11. The number of ether oxygens (including phenoxy) is 1. The summed E-state index contributed by atoms with van der Waals surface area (Å²) < 4.78 is 5.49. The average molecular weight is 266 g/mol. The number of rotatable bonds is 3. The molecule has 1 aliphatic heterocycles. The van der Waals surface area contributed by atoms with Crippen molar-refractivity contribution in [1.29, 1.82) is 0 Å². The maximum atomic E-state index is 9.32. The first-order chi connectivity index (χ1) is 9.78. The van der Waals surface area contributed by atoms with Gasteiger partial charge in [-0.3, -0.25) is 0 Å². The van der Waals surface area contributed by atoms with Gasteiger partial charge in [-0.1, -0.05) is 36.4 Å². The van der Waals surface area contributed by atoms with E-state index < -0.39 is 0 Å². The molecule has 2 aliphatic rings. The molecule has 20 heavy (non-hydrogen) atoms. The minimum atomic E-state index is 0.312. The van der Waals surface area contributed by atoms with Crippen LogP contribution < -0.4 is 0 Å². The standard InChI is InChI=1S/C18H18O2/c19-16-7-5-15(6-8-16)14-3-1-12(2-4-14)9-13-10-17-18(11-13)20-17/h1-8,13,17-19H,9-11H2/t13-,17+,18-. The Morgan fingerprint density at radius 1 is 0.850 bits per heavy atom. The van der Waals surface area contributed by atoms with Crippen molar-refractivity contribution in [2.75, 3.05) is 0 Å². The summed E-state index contributed by atoms with van der Waals surface area (Å²) in [6.07, 6.45) is 4.81. The van der Waals surface area contributed by atoms with E-state index in [4.69, 9.17) is 4.74 Å². The van der Waals surface area contributed by atoms with Crippen LogP contribution >= 0.6 is 0 Å². The first-order valence-corrected chi connectivity index (χ1v) is 7.32. The fraction of sp³-hybridized carbons (Fsp3) is 0.333. The quantitative estimate of drug-likeness (QED) is 0.858. The highest BCUT2D eigenvalue weighted by Gasteiger charge is 2.47. The van der Waals surface area contributed by atoms with Crippen molar-refractivity contribution in [3.63, 3.8) is 0 Å². The Morgan fingerprint density at radius 2 is 1.40 bits per heavy atom. The summed E-state index contributed by atoms with van der Waals surface area (Å²) in [6.45, 7) is 0. The van der Waals surface area contributed by atoms with Crippen LogP contribution in [-0.2, 0) is 11.2 Å². The number of epoxide rings is 1. The van der Waals surface area contributed by atoms with E-state index in [2.05, 4.69) is 24.3 Å². The van der Waals surface area contributed by atoms with Crippen LogP contribution in [0.25, 0.3) is 11.1 Å². The number of phenols is 1. The fourth-order valence-electron chi connectivity index (χ4n) is 3.33. The molecule has 1 heterocycles. The van der Waals surface area contributed by atoms with Crippen molar-refractivity contribution in [1.82, 2.24) is 0 Å². The molecular weight excluding hydrogens is 248 g/mol. The molecule has 0 amide bonds. The van der Waals surface area contributed by atoms with Crippen molar-refractivity contribution in [2.24, 2.45) is 5.92 Å². The molecule has 1 N–H and O–H groups in total. The predicted molar refractivity (Wildman–Crippen MR) is 78.6 cm³/mol. The lowest BCUT2D eigenvalue weighted by atomic mass is 9.95. The zero-order chi connectivity index (χ0) is 13.5. The SMILES string of the molecule is Oc1ccc(-c2ccc(C[C@@H]3C[C@@H]4O[C@@H]4C3)cc2)cc1. The van der Waals surface area contributed by atoms with Crippen molar-refractivity contribution >= 4 is 0 Å². The molecule has 2 nitrogen and oxygen atoms in total. The van der Waals surface area contributed by atoms with E-state index in [1.165, 1.54) is 30.4 Å². The van der Waals surface area contributed by atoms with Crippen LogP contribution in [0, 0.1) is 5.92 Å². The first kappa shape index (κ1) is 12.0. The van der Waals surface area contributed by atoms with Crippen LogP contribution in [0.5, 0.6) is 5.75 Å². The second kappa shape index (κ2) is 4.64. The zero-order valence-corrected chi connectivity index (χ0v) is 11.3. The molecule has 0 spiro atoms. The van der Waals surface area contributed by atoms with Gasteiger partial charge in [-0.05, 0) is 54.0 Å². The van der Waals surface area contributed by atoms with E-state index in [1.54, 1.807) is 12.1 Å². The lowest BCUT2D eigenvalue weighted by Crippen LogP contribution is -2.03. The van der Waals surface area contributed by atoms with Crippen molar-refractivity contribution < 1.29 is 9.84 Å². The van der Waals surface area contributed by atoms with Gasteiger partial charge < -0.3 is 9.84 Å². The number of hydrogen-bond acceptors (Lipinski definition) is 2. The summed E-state index contributed by atoms with van der Waals surface area (Å²) in [5.41, 5.74) is 3.76. The van der Waals surface area contributed by atoms with E-state index in [-0.39, 0.29) is 0 Å². The summed E-state index contributed by atoms with van der Waals surface area (Å²) in [5.74, 6) is 1.12. The van der Waals surface area contributed by atoms with Crippen molar-refractivity contribution in [3.05, 3.63) is 54.1 Å². The van der Waals surface area contributed by atoms with Gasteiger partial charge in [-0.2, -0.15) is 0 Å². The highest BCUT2D eigenvalue weighted by Crippen LogP contribution is 2.43. The molecule has 2 aromatic carbocycles. The third-order valence-corrected chi connectivity index (χ3v) is 4.50. The van der Waals surface area contributed by atoms with Crippen molar-refractivity contribution in [2.45, 2.75) is 31.5 Å². The molecule has 2 heteroatoms. The second-order valence-electron chi connectivity index (χ2n) is 6.00. The Bertz CT molecular complexity index is 590. The van der Waals surface area contributed by atoms with Gasteiger partial charge in [0.1, 0.15) is 5.75 Å². The minimum absolute atomic E-state index is 0.312. The molecule has 0 unspecified atom stereocenters. The molecule has 1 saturated carbocycles. The van der Waals surface area contributed by atoms with Gasteiger partial charge in [-0.15, -0.1) is 0 Å². The number of benzene rings is 2. The van der Waals surface area contributed by atoms with Crippen LogP contribution in [0.2, 0.25) is 0 Å². The molecular formula is C18H18O2. The maximum absolute atomic E-state index is 9.32. The Balaban J connectivity index is 1.46. The number of hydrogen-bond donors (Lipinski definition) is 1. The number of aromatic hydroxyl groups is 1. The average Bonchev–Trinajstić information content (AvgIpc) is 3.08. The molecule has 0 radical (unpaired) electrons. The Labute approximate surface area is 119 Å². The van der Waals surface area contributed by atoms with E-state index >= 15 is 0 Å². The molecule has 2 fully saturated rings. The summed E-state index contributed by atoms with van der Waals surface area (Å²) in [4.78, 5) is 0. The van der Waals surface area contributed by atoms with Gasteiger partial charge in [0, 0.05) is 0 Å². The summed E-state index contributed by atoms with van der Waals surface area (Å²) in [5, 5.41) is 9.32.